The average Bonchev–Trinajstić information content (AvgIpc) is 2.80. The Kier molecular flexibility index (Phi) is 4.60. The van der Waals surface area contributed by atoms with Crippen LogP contribution in [0.4, 0.5) is 5.13 Å². The van der Waals surface area contributed by atoms with Gasteiger partial charge in [-0.05, 0) is 13.8 Å². The summed E-state index contributed by atoms with van der Waals surface area (Å²) in [7, 11) is 1.18. The lowest BCUT2D eigenvalue weighted by atomic mass is 9.92. The van der Waals surface area contributed by atoms with Crippen molar-refractivity contribution in [3.8, 4) is 0 Å². The van der Waals surface area contributed by atoms with E-state index in [0.29, 0.717) is 0 Å². The highest BCUT2D eigenvalue weighted by Gasteiger charge is 2.38. The predicted molar refractivity (Wildman–Crippen MR) is 68.9 cm³/mol. The molecule has 0 fully saturated rings. The maximum Gasteiger partial charge on any atom is 0.320 e. The van der Waals surface area contributed by atoms with Crippen LogP contribution in [0.3, 0.4) is 0 Å². The molecule has 1 atom stereocenters. The number of methoxy groups -OCH3 is 1. The molecule has 0 aliphatic heterocycles. The van der Waals surface area contributed by atoms with E-state index in [2.05, 4.69) is 15.0 Å². The van der Waals surface area contributed by atoms with Gasteiger partial charge in [0.1, 0.15) is 11.5 Å². The number of rotatable bonds is 5. The molecule has 0 aromatic carbocycles. The number of nitrogens with zero attached hydrogens (tertiary/aromatic N) is 1. The number of nitrogen functional groups attached to an aromatic ring is 1. The zero-order chi connectivity index (χ0) is 14.6. The molecule has 8 heteroatoms. The van der Waals surface area contributed by atoms with Crippen molar-refractivity contribution in [2.75, 3.05) is 12.8 Å². The fourth-order valence-electron chi connectivity index (χ4n) is 1.26. The smallest absolute Gasteiger partial charge is 0.320 e. The van der Waals surface area contributed by atoms with Crippen LogP contribution in [0.15, 0.2) is 5.38 Å². The summed E-state index contributed by atoms with van der Waals surface area (Å²) in [5, 5.41) is 4.19. The molecular weight excluding hydrogens is 270 g/mol. The Morgan fingerprint density at radius 3 is 2.63 bits per heavy atom. The highest BCUT2D eigenvalue weighted by Crippen LogP contribution is 2.21. The lowest BCUT2D eigenvalue weighted by Crippen LogP contribution is -2.44. The number of aromatic nitrogens is 1. The second kappa shape index (κ2) is 5.79. The number of hydrogen-bond donors (Lipinski definition) is 2. The highest BCUT2D eigenvalue weighted by atomic mass is 32.1. The Hall–Kier alpha value is -1.96. The molecule has 1 heterocycles. The van der Waals surface area contributed by atoms with Crippen LogP contribution in [-0.4, -0.2) is 30.3 Å². The summed E-state index contributed by atoms with van der Waals surface area (Å²) < 4.78 is 4.53. The molecular formula is C11H14N3O4S. The zero-order valence-electron chi connectivity index (χ0n) is 10.7. The molecule has 0 aliphatic carbocycles. The van der Waals surface area contributed by atoms with Crippen molar-refractivity contribution in [3.05, 3.63) is 11.1 Å². The van der Waals surface area contributed by atoms with Gasteiger partial charge < -0.3 is 15.8 Å². The second-order valence-corrected chi connectivity index (χ2v) is 5.14. The van der Waals surface area contributed by atoms with Crippen LogP contribution in [0.2, 0.25) is 0 Å². The monoisotopic (exact) mass is 284 g/mol. The Labute approximate surface area is 114 Å². The Balaban J connectivity index is 2.85. The van der Waals surface area contributed by atoms with Crippen LogP contribution < -0.4 is 11.1 Å². The molecule has 0 spiro atoms. The number of ether oxygens (including phenoxy) is 1. The number of nitrogens with one attached hydrogen (secondary N) is 1. The van der Waals surface area contributed by atoms with E-state index in [1.54, 1.807) is 6.29 Å². The van der Waals surface area contributed by atoms with Gasteiger partial charge in [-0.3, -0.25) is 14.4 Å². The van der Waals surface area contributed by atoms with Crippen molar-refractivity contribution in [1.82, 2.24) is 10.3 Å². The molecule has 1 unspecified atom stereocenters. The van der Waals surface area contributed by atoms with Gasteiger partial charge in [0.2, 0.25) is 12.2 Å². The Morgan fingerprint density at radius 1 is 1.58 bits per heavy atom. The van der Waals surface area contributed by atoms with Crippen molar-refractivity contribution >= 4 is 34.6 Å². The van der Waals surface area contributed by atoms with Gasteiger partial charge in [0.25, 0.3) is 0 Å². The molecule has 19 heavy (non-hydrogen) atoms. The Morgan fingerprint density at radius 2 is 2.21 bits per heavy atom. The van der Waals surface area contributed by atoms with E-state index in [4.69, 9.17) is 5.73 Å². The van der Waals surface area contributed by atoms with Gasteiger partial charge >= 0.3 is 5.97 Å². The molecule has 7 nitrogen and oxygen atoms in total. The van der Waals surface area contributed by atoms with E-state index in [9.17, 15) is 14.4 Å². The van der Waals surface area contributed by atoms with Gasteiger partial charge in [0, 0.05) is 5.38 Å². The highest BCUT2D eigenvalue weighted by molar-refractivity contribution is 7.13. The summed E-state index contributed by atoms with van der Waals surface area (Å²) in [6.45, 7) is 2.79. The number of nitrogens with two attached hydrogens (primary N) is 1. The van der Waals surface area contributed by atoms with Crippen LogP contribution in [0.1, 0.15) is 25.6 Å². The molecule has 0 saturated heterocycles. The largest absolute Gasteiger partial charge is 0.468 e. The number of anilines is 1. The standard InChI is InChI=1S/C11H14N3O4S/c1-11(2,9(17)18-3)8(16)13-6(4-15)7-5-19-10(12)14-7/h5-6H,1-3H3,(H2,12,14)(H,13,16). The van der Waals surface area contributed by atoms with E-state index in [-0.39, 0.29) is 10.8 Å². The summed E-state index contributed by atoms with van der Waals surface area (Å²) in [5.74, 6) is -1.35. The van der Waals surface area contributed by atoms with Gasteiger partial charge in [-0.1, -0.05) is 0 Å². The fraction of sp³-hybridized carbons (Fsp3) is 0.455. The van der Waals surface area contributed by atoms with Gasteiger partial charge in [-0.15, -0.1) is 11.3 Å². The molecule has 0 bridgehead atoms. The van der Waals surface area contributed by atoms with E-state index >= 15 is 0 Å². The van der Waals surface area contributed by atoms with Crippen molar-refractivity contribution in [1.29, 1.82) is 0 Å². The summed E-state index contributed by atoms with van der Waals surface area (Å²) in [5.41, 5.74) is 4.32. The first kappa shape index (κ1) is 15.1. The first-order chi connectivity index (χ1) is 8.82. The maximum absolute atomic E-state index is 12.0. The number of thiazole rings is 1. The van der Waals surface area contributed by atoms with Crippen LogP contribution >= 0.6 is 11.3 Å². The molecule has 1 radical (unpaired) electrons. The molecule has 0 aliphatic rings. The van der Waals surface area contributed by atoms with Crippen molar-refractivity contribution in [2.45, 2.75) is 19.9 Å². The number of carbonyl (C=O) groups is 2. The lowest BCUT2D eigenvalue weighted by molar-refractivity contribution is -0.156. The summed E-state index contributed by atoms with van der Waals surface area (Å²) in [6, 6.07) is -1.06. The molecule has 1 aromatic rings. The van der Waals surface area contributed by atoms with Crippen LogP contribution in [0.25, 0.3) is 0 Å². The average molecular weight is 284 g/mol. The number of hydrogen-bond acceptors (Lipinski definition) is 7. The molecule has 1 rings (SSSR count). The summed E-state index contributed by atoms with van der Waals surface area (Å²) >= 11 is 1.14. The minimum Gasteiger partial charge on any atom is -0.468 e. The van der Waals surface area contributed by atoms with E-state index < -0.39 is 23.3 Å². The van der Waals surface area contributed by atoms with Gasteiger partial charge in [0.15, 0.2) is 5.13 Å². The first-order valence-corrected chi connectivity index (χ1v) is 6.18. The minimum absolute atomic E-state index is 0.275. The fourth-order valence-corrected chi connectivity index (χ4v) is 1.84. The molecule has 1 amide bonds. The number of carbonyl (C=O) groups excluding carboxylic acids is 3. The topological polar surface area (TPSA) is 111 Å². The lowest BCUT2D eigenvalue weighted by Gasteiger charge is -2.22. The summed E-state index contributed by atoms with van der Waals surface area (Å²) in [6.07, 6.45) is 1.65. The Bertz CT molecular complexity index is 498. The van der Waals surface area contributed by atoms with Crippen molar-refractivity contribution < 1.29 is 19.1 Å². The minimum atomic E-state index is -1.41. The van der Waals surface area contributed by atoms with Gasteiger partial charge in [-0.25, -0.2) is 4.98 Å². The molecule has 1 aromatic heterocycles. The second-order valence-electron chi connectivity index (χ2n) is 4.25. The van der Waals surface area contributed by atoms with Gasteiger partial charge in [0.05, 0.1) is 12.8 Å². The third-order valence-corrected chi connectivity index (χ3v) is 3.18. The summed E-state index contributed by atoms with van der Waals surface area (Å²) in [4.78, 5) is 38.2. The van der Waals surface area contributed by atoms with Crippen LogP contribution in [-0.2, 0) is 19.1 Å². The van der Waals surface area contributed by atoms with E-state index in [1.807, 2.05) is 0 Å². The molecule has 3 N–H and O–H groups in total. The van der Waals surface area contributed by atoms with E-state index in [1.165, 1.54) is 26.3 Å². The van der Waals surface area contributed by atoms with Crippen LogP contribution in [0, 0.1) is 5.41 Å². The zero-order valence-corrected chi connectivity index (χ0v) is 11.5. The number of esters is 1. The third kappa shape index (κ3) is 3.28. The van der Waals surface area contributed by atoms with Crippen LogP contribution in [0.5, 0.6) is 0 Å². The first-order valence-electron chi connectivity index (χ1n) is 5.31. The van der Waals surface area contributed by atoms with E-state index in [0.717, 1.165) is 11.3 Å². The quantitative estimate of drug-likeness (QED) is 0.590. The van der Waals surface area contributed by atoms with Crippen molar-refractivity contribution in [2.24, 2.45) is 5.41 Å². The SMILES string of the molecule is COC(=O)C(C)(C)C(=O)NC([C]=O)c1csc(N)n1. The maximum atomic E-state index is 12.0. The van der Waals surface area contributed by atoms with Gasteiger partial charge in [-0.2, -0.15) is 0 Å². The molecule has 103 valence electrons. The van der Waals surface area contributed by atoms with Crippen molar-refractivity contribution in [3.63, 3.8) is 0 Å². The molecule has 0 saturated carbocycles. The predicted octanol–water partition coefficient (Wildman–Crippen LogP) is 0.191. The number of amides is 1. The normalized spacial score (nSPS) is 12.6. The third-order valence-electron chi connectivity index (χ3n) is 2.49.